The highest BCUT2D eigenvalue weighted by Gasteiger charge is 2.33. The fourth-order valence-electron chi connectivity index (χ4n) is 0.681. The Morgan fingerprint density at radius 3 is 2.46 bits per heavy atom. The van der Waals surface area contributed by atoms with Gasteiger partial charge in [-0.1, -0.05) is 11.6 Å². The first-order valence-electron chi connectivity index (χ1n) is 3.15. The summed E-state index contributed by atoms with van der Waals surface area (Å²) in [4.78, 5) is 6.77. The van der Waals surface area contributed by atoms with Gasteiger partial charge in [0.1, 0.15) is 16.7 Å². The molecule has 0 bridgehead atoms. The molecule has 0 aromatic carbocycles. The second-order valence-electron chi connectivity index (χ2n) is 2.15. The first-order valence-corrected chi connectivity index (χ1v) is 4.16. The maximum Gasteiger partial charge on any atom is 0.433 e. The van der Waals surface area contributed by atoms with E-state index in [0.29, 0.717) is 6.07 Å². The molecule has 0 spiro atoms. The summed E-state index contributed by atoms with van der Waals surface area (Å²) in [5.74, 6) is -0.0212. The number of hydrogen-bond donors (Lipinski definition) is 1. The molecule has 13 heavy (non-hydrogen) atoms. The minimum Gasteiger partial charge on any atom is -0.227 e. The highest BCUT2D eigenvalue weighted by Crippen LogP contribution is 2.28. The van der Waals surface area contributed by atoms with Crippen LogP contribution in [0.25, 0.3) is 0 Å². The van der Waals surface area contributed by atoms with Gasteiger partial charge in [0.2, 0.25) is 0 Å². The van der Waals surface area contributed by atoms with Gasteiger partial charge >= 0.3 is 6.18 Å². The zero-order chi connectivity index (χ0) is 10.1. The lowest BCUT2D eigenvalue weighted by Gasteiger charge is -2.06. The summed E-state index contributed by atoms with van der Waals surface area (Å²) >= 11 is 9.10. The number of alkyl halides is 3. The molecule has 0 aliphatic carbocycles. The Bertz CT molecular complexity index is 315. The van der Waals surface area contributed by atoms with Crippen molar-refractivity contribution >= 4 is 24.2 Å². The van der Waals surface area contributed by atoms with Crippen molar-refractivity contribution in [1.29, 1.82) is 0 Å². The van der Waals surface area contributed by atoms with E-state index in [1.807, 2.05) is 0 Å². The molecule has 0 unspecified atom stereocenters. The summed E-state index contributed by atoms with van der Waals surface area (Å²) in [5, 5.41) is -0.230. The van der Waals surface area contributed by atoms with Gasteiger partial charge in [-0.15, -0.1) is 0 Å². The third-order valence-corrected chi connectivity index (χ3v) is 1.65. The summed E-state index contributed by atoms with van der Waals surface area (Å²) in [7, 11) is 0. The largest absolute Gasteiger partial charge is 0.433 e. The van der Waals surface area contributed by atoms with E-state index < -0.39 is 11.9 Å². The van der Waals surface area contributed by atoms with Crippen molar-refractivity contribution in [1.82, 2.24) is 9.97 Å². The van der Waals surface area contributed by atoms with E-state index in [2.05, 4.69) is 22.6 Å². The third-order valence-electron chi connectivity index (χ3n) is 1.17. The zero-order valence-electron chi connectivity index (χ0n) is 6.14. The Balaban J connectivity index is 3.16. The van der Waals surface area contributed by atoms with E-state index in [4.69, 9.17) is 11.6 Å². The van der Waals surface area contributed by atoms with Crippen molar-refractivity contribution in [2.24, 2.45) is 0 Å². The Morgan fingerprint density at radius 2 is 2.00 bits per heavy atom. The van der Waals surface area contributed by atoms with Crippen molar-refractivity contribution in [2.75, 3.05) is 0 Å². The van der Waals surface area contributed by atoms with Crippen molar-refractivity contribution in [2.45, 2.75) is 11.9 Å². The summed E-state index contributed by atoms with van der Waals surface area (Å²) in [6.07, 6.45) is -4.50. The van der Waals surface area contributed by atoms with Crippen molar-refractivity contribution in [3.8, 4) is 0 Å². The van der Waals surface area contributed by atoms with Crippen LogP contribution in [-0.4, -0.2) is 9.97 Å². The smallest absolute Gasteiger partial charge is 0.227 e. The van der Waals surface area contributed by atoms with Gasteiger partial charge in [0.05, 0.1) is 5.75 Å². The molecule has 7 heteroatoms. The molecule has 1 aromatic heterocycles. The number of rotatable bonds is 1. The number of hydrogen-bond acceptors (Lipinski definition) is 3. The normalized spacial score (nSPS) is 11.8. The van der Waals surface area contributed by atoms with Crippen LogP contribution in [0.5, 0.6) is 0 Å². The first-order chi connectivity index (χ1) is 5.93. The molecule has 2 nitrogen and oxygen atoms in total. The molecule has 1 heterocycles. The average Bonchev–Trinajstić information content (AvgIpc) is 2.01. The second kappa shape index (κ2) is 3.71. The van der Waals surface area contributed by atoms with Gasteiger partial charge in [0.15, 0.2) is 0 Å². The monoisotopic (exact) mass is 228 g/mol. The lowest BCUT2D eigenvalue weighted by atomic mass is 10.4. The predicted octanol–water partition coefficient (Wildman–Crippen LogP) is 2.58. The molecule has 0 fully saturated rings. The van der Waals surface area contributed by atoms with Gasteiger partial charge in [-0.05, 0) is 0 Å². The summed E-state index contributed by atoms with van der Waals surface area (Å²) in [6.45, 7) is 0. The minimum absolute atomic E-state index is 0.0175. The van der Waals surface area contributed by atoms with E-state index in [1.165, 1.54) is 0 Å². The molecular weight excluding hydrogens is 225 g/mol. The molecule has 1 rings (SSSR count). The predicted molar refractivity (Wildman–Crippen MR) is 44.7 cm³/mol. The third kappa shape index (κ3) is 2.73. The van der Waals surface area contributed by atoms with Crippen LogP contribution in [0.15, 0.2) is 6.07 Å². The van der Waals surface area contributed by atoms with Crippen LogP contribution in [0.3, 0.4) is 0 Å². The van der Waals surface area contributed by atoms with Crippen LogP contribution < -0.4 is 0 Å². The molecule has 72 valence electrons. The van der Waals surface area contributed by atoms with E-state index in [0.717, 1.165) is 0 Å². The number of halogens is 4. The molecule has 0 saturated carbocycles. The molecule has 1 aromatic rings. The Kier molecular flexibility index (Phi) is 3.02. The number of thiol groups is 1. The highest BCUT2D eigenvalue weighted by atomic mass is 35.5. The van der Waals surface area contributed by atoms with Crippen LogP contribution in [0.2, 0.25) is 5.15 Å². The van der Waals surface area contributed by atoms with E-state index >= 15 is 0 Å². The number of aromatic nitrogens is 2. The lowest BCUT2D eigenvalue weighted by molar-refractivity contribution is -0.141. The van der Waals surface area contributed by atoms with Gasteiger partial charge in [-0.3, -0.25) is 0 Å². The Morgan fingerprint density at radius 1 is 1.38 bits per heavy atom. The van der Waals surface area contributed by atoms with E-state index in [1.54, 1.807) is 0 Å². The minimum atomic E-state index is -4.50. The number of nitrogens with zero attached hydrogens (tertiary/aromatic N) is 2. The topological polar surface area (TPSA) is 25.8 Å². The van der Waals surface area contributed by atoms with E-state index in [9.17, 15) is 13.2 Å². The fraction of sp³-hybridized carbons (Fsp3) is 0.333. The van der Waals surface area contributed by atoms with Gasteiger partial charge < -0.3 is 0 Å². The zero-order valence-corrected chi connectivity index (χ0v) is 7.79. The van der Waals surface area contributed by atoms with Crippen molar-refractivity contribution in [3.63, 3.8) is 0 Å². The van der Waals surface area contributed by atoms with Gasteiger partial charge in [0, 0.05) is 6.07 Å². The maximum atomic E-state index is 12.1. The highest BCUT2D eigenvalue weighted by molar-refractivity contribution is 7.79. The van der Waals surface area contributed by atoms with Crippen LogP contribution >= 0.6 is 24.2 Å². The van der Waals surface area contributed by atoms with Crippen LogP contribution in [0, 0.1) is 0 Å². The molecular formula is C6H4ClF3N2S. The Labute approximate surface area is 82.6 Å². The fourth-order valence-corrected chi connectivity index (χ4v) is 1.02. The van der Waals surface area contributed by atoms with Gasteiger partial charge in [-0.25, -0.2) is 9.97 Å². The maximum absolute atomic E-state index is 12.1. The molecule has 0 atom stereocenters. The molecule has 0 aliphatic rings. The van der Waals surface area contributed by atoms with Gasteiger partial charge in [-0.2, -0.15) is 25.8 Å². The lowest BCUT2D eigenvalue weighted by Crippen LogP contribution is -2.10. The second-order valence-corrected chi connectivity index (χ2v) is 2.85. The summed E-state index contributed by atoms with van der Waals surface area (Å²) in [5.41, 5.74) is -1.04. The molecule has 0 amide bonds. The molecule has 0 N–H and O–H groups in total. The average molecular weight is 229 g/mol. The molecule has 0 saturated heterocycles. The first kappa shape index (κ1) is 10.6. The van der Waals surface area contributed by atoms with Crippen LogP contribution in [0.4, 0.5) is 13.2 Å². The summed E-state index contributed by atoms with van der Waals surface area (Å²) in [6, 6.07) is 0.675. The van der Waals surface area contributed by atoms with Crippen molar-refractivity contribution in [3.05, 3.63) is 22.7 Å². The van der Waals surface area contributed by atoms with Gasteiger partial charge in [0.25, 0.3) is 0 Å². The van der Waals surface area contributed by atoms with E-state index in [-0.39, 0.29) is 16.7 Å². The quantitative estimate of drug-likeness (QED) is 0.591. The molecule has 0 aliphatic heterocycles. The summed E-state index contributed by atoms with van der Waals surface area (Å²) < 4.78 is 36.3. The molecule has 0 radical (unpaired) electrons. The van der Waals surface area contributed by atoms with Crippen molar-refractivity contribution < 1.29 is 13.2 Å². The Hall–Kier alpha value is -0.490. The van der Waals surface area contributed by atoms with Crippen LogP contribution in [-0.2, 0) is 11.9 Å². The van der Waals surface area contributed by atoms with Crippen LogP contribution in [0.1, 0.15) is 11.5 Å². The SMILES string of the molecule is FC(F)(F)c1cc(Cl)nc(CS)n1. The standard InChI is InChI=1S/C6H4ClF3N2S/c7-4-1-3(6(8,9)10)11-5(2-13)12-4/h1,13H,2H2.